The van der Waals surface area contributed by atoms with Crippen LogP contribution in [0.25, 0.3) is 0 Å². The summed E-state index contributed by atoms with van der Waals surface area (Å²) in [4.78, 5) is 11.3. The first-order chi connectivity index (χ1) is 10.3. The predicted octanol–water partition coefficient (Wildman–Crippen LogP) is 2.14. The van der Waals surface area contributed by atoms with E-state index in [2.05, 4.69) is 32.5 Å². The SMILES string of the molecule is CCOCC1CCN(C(=NC)NCc2csc(CC)n2)C1. The van der Waals surface area contributed by atoms with Gasteiger partial charge in [-0.15, -0.1) is 11.3 Å². The van der Waals surface area contributed by atoms with Gasteiger partial charge in [-0.3, -0.25) is 4.99 Å². The number of guanidine groups is 1. The van der Waals surface area contributed by atoms with Gasteiger partial charge in [0, 0.05) is 38.0 Å². The fraction of sp³-hybridized carbons (Fsp3) is 0.733. The number of aryl methyl sites for hydroxylation is 1. The number of hydrogen-bond acceptors (Lipinski definition) is 4. The van der Waals surface area contributed by atoms with Gasteiger partial charge in [-0.05, 0) is 19.8 Å². The summed E-state index contributed by atoms with van der Waals surface area (Å²) in [5.41, 5.74) is 1.10. The summed E-state index contributed by atoms with van der Waals surface area (Å²) in [6, 6.07) is 0. The van der Waals surface area contributed by atoms with Crippen molar-refractivity contribution in [3.05, 3.63) is 16.1 Å². The smallest absolute Gasteiger partial charge is 0.193 e. The standard InChI is InChI=1S/C15H26N4OS/c1-4-14-18-13(11-21-14)8-17-15(16-3)19-7-6-12(9-19)10-20-5-2/h11-12H,4-10H2,1-3H3,(H,16,17). The molecule has 1 atom stereocenters. The number of hydrogen-bond donors (Lipinski definition) is 1. The van der Waals surface area contributed by atoms with Gasteiger partial charge in [0.05, 0.1) is 23.9 Å². The highest BCUT2D eigenvalue weighted by Gasteiger charge is 2.24. The van der Waals surface area contributed by atoms with Crippen LogP contribution in [-0.4, -0.2) is 49.2 Å². The van der Waals surface area contributed by atoms with Crippen molar-refractivity contribution in [3.63, 3.8) is 0 Å². The van der Waals surface area contributed by atoms with Crippen molar-refractivity contribution in [1.82, 2.24) is 15.2 Å². The van der Waals surface area contributed by atoms with Crippen LogP contribution in [-0.2, 0) is 17.7 Å². The molecule has 21 heavy (non-hydrogen) atoms. The fourth-order valence-electron chi connectivity index (χ4n) is 2.54. The number of aliphatic imine (C=N–C) groups is 1. The third-order valence-electron chi connectivity index (χ3n) is 3.68. The Labute approximate surface area is 131 Å². The van der Waals surface area contributed by atoms with Crippen molar-refractivity contribution in [2.75, 3.05) is 33.4 Å². The highest BCUT2D eigenvalue weighted by molar-refractivity contribution is 7.09. The predicted molar refractivity (Wildman–Crippen MR) is 87.9 cm³/mol. The Kier molecular flexibility index (Phi) is 6.45. The largest absolute Gasteiger partial charge is 0.381 e. The van der Waals surface area contributed by atoms with Crippen LogP contribution in [0.1, 0.15) is 31.0 Å². The normalized spacial score (nSPS) is 19.3. The summed E-state index contributed by atoms with van der Waals surface area (Å²) in [7, 11) is 1.84. The molecule has 0 bridgehead atoms. The zero-order valence-electron chi connectivity index (χ0n) is 13.3. The molecule has 2 rings (SSSR count). The van der Waals surface area contributed by atoms with Crippen molar-refractivity contribution in [1.29, 1.82) is 0 Å². The van der Waals surface area contributed by atoms with E-state index in [4.69, 9.17) is 4.74 Å². The summed E-state index contributed by atoms with van der Waals surface area (Å²) >= 11 is 1.73. The molecule has 5 nitrogen and oxygen atoms in total. The van der Waals surface area contributed by atoms with Gasteiger partial charge >= 0.3 is 0 Å². The number of ether oxygens (including phenoxy) is 1. The zero-order valence-corrected chi connectivity index (χ0v) is 14.1. The summed E-state index contributed by atoms with van der Waals surface area (Å²) in [5.74, 6) is 1.59. The molecule has 1 aromatic heterocycles. The van der Waals surface area contributed by atoms with E-state index in [1.165, 1.54) is 11.4 Å². The maximum atomic E-state index is 5.53. The van der Waals surface area contributed by atoms with Crippen molar-refractivity contribution in [3.8, 4) is 0 Å². The summed E-state index contributed by atoms with van der Waals surface area (Å²) < 4.78 is 5.53. The summed E-state index contributed by atoms with van der Waals surface area (Å²) in [5, 5.41) is 6.74. The number of nitrogens with one attached hydrogen (secondary N) is 1. The van der Waals surface area contributed by atoms with E-state index in [9.17, 15) is 0 Å². The Hall–Kier alpha value is -1.14. The molecule has 1 aliphatic rings. The molecule has 1 saturated heterocycles. The van der Waals surface area contributed by atoms with E-state index in [0.29, 0.717) is 5.92 Å². The molecule has 2 heterocycles. The highest BCUT2D eigenvalue weighted by Crippen LogP contribution is 2.17. The fourth-order valence-corrected chi connectivity index (χ4v) is 3.28. The van der Waals surface area contributed by atoms with Crippen LogP contribution in [0.15, 0.2) is 10.4 Å². The molecule has 1 fully saturated rings. The number of rotatable bonds is 6. The average molecular weight is 310 g/mol. The Balaban J connectivity index is 1.81. The Morgan fingerprint density at radius 3 is 3.10 bits per heavy atom. The van der Waals surface area contributed by atoms with Crippen molar-refractivity contribution >= 4 is 17.3 Å². The van der Waals surface area contributed by atoms with Crippen LogP contribution >= 0.6 is 11.3 Å². The van der Waals surface area contributed by atoms with Gasteiger partial charge in [0.25, 0.3) is 0 Å². The van der Waals surface area contributed by atoms with Crippen LogP contribution in [0, 0.1) is 5.92 Å². The van der Waals surface area contributed by atoms with E-state index in [1.807, 2.05) is 14.0 Å². The second kappa shape index (κ2) is 8.34. The first-order valence-electron chi connectivity index (χ1n) is 7.73. The van der Waals surface area contributed by atoms with Crippen LogP contribution in [0.4, 0.5) is 0 Å². The van der Waals surface area contributed by atoms with E-state index in [1.54, 1.807) is 11.3 Å². The van der Waals surface area contributed by atoms with Crippen LogP contribution < -0.4 is 5.32 Å². The van der Waals surface area contributed by atoms with Crippen LogP contribution in [0.3, 0.4) is 0 Å². The number of thiazole rings is 1. The molecular weight excluding hydrogens is 284 g/mol. The lowest BCUT2D eigenvalue weighted by Crippen LogP contribution is -2.39. The molecule has 0 aliphatic carbocycles. The van der Waals surface area contributed by atoms with E-state index in [0.717, 1.165) is 50.9 Å². The topological polar surface area (TPSA) is 49.8 Å². The van der Waals surface area contributed by atoms with Crippen molar-refractivity contribution in [2.24, 2.45) is 10.9 Å². The van der Waals surface area contributed by atoms with Gasteiger partial charge in [0.1, 0.15) is 0 Å². The second-order valence-corrected chi connectivity index (χ2v) is 6.19. The van der Waals surface area contributed by atoms with Gasteiger partial charge < -0.3 is 15.0 Å². The monoisotopic (exact) mass is 310 g/mol. The molecule has 1 aromatic rings. The molecule has 1 unspecified atom stereocenters. The minimum absolute atomic E-state index is 0.620. The average Bonchev–Trinajstić information content (AvgIpc) is 3.15. The Bertz CT molecular complexity index is 460. The molecule has 0 saturated carbocycles. The van der Waals surface area contributed by atoms with Crippen LogP contribution in [0.2, 0.25) is 0 Å². The van der Waals surface area contributed by atoms with Crippen molar-refractivity contribution in [2.45, 2.75) is 33.2 Å². The third-order valence-corrected chi connectivity index (χ3v) is 4.73. The molecule has 6 heteroatoms. The molecule has 0 radical (unpaired) electrons. The third kappa shape index (κ3) is 4.68. The molecule has 1 aliphatic heterocycles. The first kappa shape index (κ1) is 16.2. The maximum absolute atomic E-state index is 5.53. The highest BCUT2D eigenvalue weighted by atomic mass is 32.1. The molecule has 1 N–H and O–H groups in total. The summed E-state index contributed by atoms with van der Waals surface area (Å²) in [6.45, 7) is 8.66. The van der Waals surface area contributed by atoms with Crippen LogP contribution in [0.5, 0.6) is 0 Å². The molecule has 0 spiro atoms. The Morgan fingerprint density at radius 2 is 2.43 bits per heavy atom. The van der Waals surface area contributed by atoms with Crippen molar-refractivity contribution < 1.29 is 4.74 Å². The van der Waals surface area contributed by atoms with Gasteiger partial charge in [-0.2, -0.15) is 0 Å². The number of nitrogens with zero attached hydrogens (tertiary/aromatic N) is 3. The second-order valence-electron chi connectivity index (χ2n) is 5.25. The lowest BCUT2D eigenvalue weighted by molar-refractivity contribution is 0.114. The number of likely N-dealkylation sites (tertiary alicyclic amines) is 1. The quantitative estimate of drug-likeness (QED) is 0.646. The van der Waals surface area contributed by atoms with Gasteiger partial charge in [-0.25, -0.2) is 4.98 Å². The van der Waals surface area contributed by atoms with Gasteiger partial charge in [-0.1, -0.05) is 6.92 Å². The van der Waals surface area contributed by atoms with E-state index >= 15 is 0 Å². The van der Waals surface area contributed by atoms with E-state index < -0.39 is 0 Å². The molecular formula is C15H26N4OS. The first-order valence-corrected chi connectivity index (χ1v) is 8.61. The summed E-state index contributed by atoms with van der Waals surface area (Å²) in [6.07, 6.45) is 2.18. The van der Waals surface area contributed by atoms with Gasteiger partial charge in [0.15, 0.2) is 5.96 Å². The zero-order chi connectivity index (χ0) is 15.1. The minimum Gasteiger partial charge on any atom is -0.381 e. The Morgan fingerprint density at radius 1 is 1.57 bits per heavy atom. The molecule has 0 aromatic carbocycles. The lowest BCUT2D eigenvalue weighted by Gasteiger charge is -2.21. The molecule has 118 valence electrons. The maximum Gasteiger partial charge on any atom is 0.193 e. The molecule has 0 amide bonds. The number of aromatic nitrogens is 1. The van der Waals surface area contributed by atoms with Gasteiger partial charge in [0.2, 0.25) is 0 Å². The minimum atomic E-state index is 0.620. The van der Waals surface area contributed by atoms with E-state index in [-0.39, 0.29) is 0 Å². The lowest BCUT2D eigenvalue weighted by atomic mass is 10.1.